The molecule has 1 saturated heterocycles. The molecule has 102 valence electrons. The molecule has 1 aromatic rings. The van der Waals surface area contributed by atoms with Gasteiger partial charge in [0.15, 0.2) is 5.13 Å². The summed E-state index contributed by atoms with van der Waals surface area (Å²) in [7, 11) is 1.80. The molecule has 0 radical (unpaired) electrons. The Morgan fingerprint density at radius 1 is 1.44 bits per heavy atom. The summed E-state index contributed by atoms with van der Waals surface area (Å²) in [6, 6.07) is 0. The van der Waals surface area contributed by atoms with Crippen LogP contribution < -0.4 is 10.2 Å². The lowest BCUT2D eigenvalue weighted by atomic mass is 10.3. The molecule has 0 bridgehead atoms. The van der Waals surface area contributed by atoms with E-state index >= 15 is 0 Å². The van der Waals surface area contributed by atoms with Gasteiger partial charge in [0.1, 0.15) is 0 Å². The molecule has 0 spiro atoms. The molecule has 1 fully saturated rings. The van der Waals surface area contributed by atoms with Crippen LogP contribution in [0.15, 0.2) is 5.38 Å². The maximum atomic E-state index is 11.7. The zero-order valence-electron chi connectivity index (χ0n) is 10.7. The molecule has 2 rings (SSSR count). The second kappa shape index (κ2) is 6.92. The number of halogens is 1. The summed E-state index contributed by atoms with van der Waals surface area (Å²) in [6.45, 7) is 5.77. The molecule has 18 heavy (non-hydrogen) atoms. The van der Waals surface area contributed by atoms with E-state index in [9.17, 15) is 4.79 Å². The Labute approximate surface area is 118 Å². The molecule has 5 nitrogen and oxygen atoms in total. The molecule has 1 aliphatic rings. The number of aryl methyl sites for hydroxylation is 1. The van der Waals surface area contributed by atoms with E-state index in [-0.39, 0.29) is 18.3 Å². The molecule has 1 aromatic heterocycles. The highest BCUT2D eigenvalue weighted by Gasteiger charge is 2.21. The fourth-order valence-corrected chi connectivity index (χ4v) is 2.75. The van der Waals surface area contributed by atoms with E-state index in [2.05, 4.69) is 20.6 Å². The molecular weight excluding hydrogens is 272 g/mol. The van der Waals surface area contributed by atoms with Gasteiger partial charge in [0, 0.05) is 31.6 Å². The first kappa shape index (κ1) is 15.2. The van der Waals surface area contributed by atoms with E-state index in [0.29, 0.717) is 6.54 Å². The zero-order chi connectivity index (χ0) is 12.3. The molecule has 1 aliphatic heterocycles. The van der Waals surface area contributed by atoms with Gasteiger partial charge in [0.2, 0.25) is 5.91 Å². The number of aromatic nitrogens is 1. The van der Waals surface area contributed by atoms with Crippen LogP contribution in [0.1, 0.15) is 5.69 Å². The van der Waals surface area contributed by atoms with Crippen LogP contribution in [0.2, 0.25) is 0 Å². The van der Waals surface area contributed by atoms with Crippen LogP contribution in [0.25, 0.3) is 0 Å². The summed E-state index contributed by atoms with van der Waals surface area (Å²) < 4.78 is 0. The van der Waals surface area contributed by atoms with Crippen LogP contribution in [-0.2, 0) is 4.79 Å². The maximum absolute atomic E-state index is 11.7. The Hall–Kier alpha value is -0.850. The second-order valence-corrected chi connectivity index (χ2v) is 5.01. The van der Waals surface area contributed by atoms with Gasteiger partial charge in [-0.15, -0.1) is 23.7 Å². The van der Waals surface area contributed by atoms with Gasteiger partial charge in [-0.1, -0.05) is 0 Å². The predicted octanol–water partition coefficient (Wildman–Crippen LogP) is 0.741. The van der Waals surface area contributed by atoms with E-state index in [1.54, 1.807) is 18.4 Å². The fourth-order valence-electron chi connectivity index (χ4n) is 1.90. The molecular formula is C11H19ClN4OS. The number of hydrogen-bond donors (Lipinski definition) is 1. The third-order valence-corrected chi connectivity index (χ3v) is 3.86. The molecule has 0 aromatic carbocycles. The van der Waals surface area contributed by atoms with Crippen molar-refractivity contribution in [1.29, 1.82) is 0 Å². The first-order valence-electron chi connectivity index (χ1n) is 5.80. The fraction of sp³-hybridized carbons (Fsp3) is 0.636. The van der Waals surface area contributed by atoms with Gasteiger partial charge < -0.3 is 15.1 Å². The molecule has 7 heteroatoms. The molecule has 1 N–H and O–H groups in total. The SMILES string of the molecule is CNCC(=O)N1CCN(c2nc(C)cs2)CC1.Cl. The Kier molecular flexibility index (Phi) is 5.84. The molecule has 1 amide bonds. The Morgan fingerprint density at radius 3 is 2.61 bits per heavy atom. The minimum Gasteiger partial charge on any atom is -0.345 e. The summed E-state index contributed by atoms with van der Waals surface area (Å²) >= 11 is 1.67. The van der Waals surface area contributed by atoms with Crippen LogP contribution in [0.4, 0.5) is 5.13 Å². The summed E-state index contributed by atoms with van der Waals surface area (Å²) in [6.07, 6.45) is 0. The molecule has 0 aliphatic carbocycles. The lowest BCUT2D eigenvalue weighted by molar-refractivity contribution is -0.130. The third-order valence-electron chi connectivity index (χ3n) is 2.84. The van der Waals surface area contributed by atoms with Crippen LogP contribution in [0.5, 0.6) is 0 Å². The highest BCUT2D eigenvalue weighted by Crippen LogP contribution is 2.21. The van der Waals surface area contributed by atoms with Crippen molar-refractivity contribution in [3.63, 3.8) is 0 Å². The van der Waals surface area contributed by atoms with Crippen molar-refractivity contribution < 1.29 is 4.79 Å². The minimum absolute atomic E-state index is 0. The highest BCUT2D eigenvalue weighted by molar-refractivity contribution is 7.13. The normalized spacial score (nSPS) is 15.4. The number of carbonyl (C=O) groups excluding carboxylic acids is 1. The topological polar surface area (TPSA) is 48.5 Å². The van der Waals surface area contributed by atoms with Crippen molar-refractivity contribution in [2.24, 2.45) is 0 Å². The number of nitrogens with zero attached hydrogens (tertiary/aromatic N) is 3. The number of anilines is 1. The summed E-state index contributed by atoms with van der Waals surface area (Å²) in [5.74, 6) is 0.183. The molecule has 0 atom stereocenters. The van der Waals surface area contributed by atoms with Gasteiger partial charge in [-0.2, -0.15) is 0 Å². The van der Waals surface area contributed by atoms with Crippen LogP contribution >= 0.6 is 23.7 Å². The maximum Gasteiger partial charge on any atom is 0.236 e. The standard InChI is InChI=1S/C11H18N4OS.ClH/c1-9-8-17-11(13-9)15-5-3-14(4-6-15)10(16)7-12-2;/h8,12H,3-7H2,1-2H3;1H. The molecule has 2 heterocycles. The Morgan fingerprint density at radius 2 is 2.11 bits per heavy atom. The van der Waals surface area contributed by atoms with E-state index < -0.39 is 0 Å². The Balaban J connectivity index is 0.00000162. The average molecular weight is 291 g/mol. The van der Waals surface area contributed by atoms with Crippen molar-refractivity contribution in [3.8, 4) is 0 Å². The quantitative estimate of drug-likeness (QED) is 0.892. The van der Waals surface area contributed by atoms with Crippen molar-refractivity contribution >= 4 is 34.8 Å². The van der Waals surface area contributed by atoms with Crippen molar-refractivity contribution in [1.82, 2.24) is 15.2 Å². The highest BCUT2D eigenvalue weighted by atomic mass is 35.5. The largest absolute Gasteiger partial charge is 0.345 e. The second-order valence-electron chi connectivity index (χ2n) is 4.17. The number of nitrogens with one attached hydrogen (secondary N) is 1. The summed E-state index contributed by atoms with van der Waals surface area (Å²) in [5, 5.41) is 6.03. The minimum atomic E-state index is 0. The third kappa shape index (κ3) is 3.57. The molecule has 0 unspecified atom stereocenters. The van der Waals surface area contributed by atoms with Crippen LogP contribution in [-0.4, -0.2) is 55.6 Å². The van der Waals surface area contributed by atoms with Gasteiger partial charge in [0.25, 0.3) is 0 Å². The van der Waals surface area contributed by atoms with Crippen molar-refractivity contribution in [2.75, 3.05) is 44.7 Å². The van der Waals surface area contributed by atoms with E-state index in [4.69, 9.17) is 0 Å². The molecule has 0 saturated carbocycles. The van der Waals surface area contributed by atoms with Gasteiger partial charge in [-0.25, -0.2) is 4.98 Å². The Bertz CT molecular complexity index is 390. The number of thiazole rings is 1. The summed E-state index contributed by atoms with van der Waals surface area (Å²) in [4.78, 5) is 20.3. The number of hydrogen-bond acceptors (Lipinski definition) is 5. The van der Waals surface area contributed by atoms with Crippen molar-refractivity contribution in [3.05, 3.63) is 11.1 Å². The zero-order valence-corrected chi connectivity index (χ0v) is 12.3. The number of carbonyl (C=O) groups is 1. The van der Waals surface area contributed by atoms with Crippen LogP contribution in [0.3, 0.4) is 0 Å². The number of amides is 1. The predicted molar refractivity (Wildman–Crippen MR) is 76.8 cm³/mol. The smallest absolute Gasteiger partial charge is 0.236 e. The van der Waals surface area contributed by atoms with E-state index in [0.717, 1.165) is 37.0 Å². The lowest BCUT2D eigenvalue weighted by Crippen LogP contribution is -2.50. The number of rotatable bonds is 3. The van der Waals surface area contributed by atoms with E-state index in [1.165, 1.54) is 0 Å². The number of likely N-dealkylation sites (N-methyl/N-ethyl adjacent to an activating group) is 1. The van der Waals surface area contributed by atoms with E-state index in [1.807, 2.05) is 11.8 Å². The van der Waals surface area contributed by atoms with Gasteiger partial charge >= 0.3 is 0 Å². The van der Waals surface area contributed by atoms with Crippen LogP contribution in [0, 0.1) is 6.92 Å². The van der Waals surface area contributed by atoms with Gasteiger partial charge in [-0.05, 0) is 14.0 Å². The average Bonchev–Trinajstić information content (AvgIpc) is 2.76. The van der Waals surface area contributed by atoms with Gasteiger partial charge in [0.05, 0.1) is 12.2 Å². The lowest BCUT2D eigenvalue weighted by Gasteiger charge is -2.34. The monoisotopic (exact) mass is 290 g/mol. The number of piperazine rings is 1. The van der Waals surface area contributed by atoms with Crippen molar-refractivity contribution in [2.45, 2.75) is 6.92 Å². The first-order chi connectivity index (χ1) is 8.20. The van der Waals surface area contributed by atoms with Gasteiger partial charge in [-0.3, -0.25) is 4.79 Å². The summed E-state index contributed by atoms with van der Waals surface area (Å²) in [5.41, 5.74) is 1.07. The first-order valence-corrected chi connectivity index (χ1v) is 6.68.